The number of benzene rings is 2. The van der Waals surface area contributed by atoms with Gasteiger partial charge < -0.3 is 10.2 Å². The minimum absolute atomic E-state index is 0.0598. The Hall–Kier alpha value is -2.88. The lowest BCUT2D eigenvalue weighted by Crippen LogP contribution is -2.07. The zero-order chi connectivity index (χ0) is 15.7. The number of phenols is 2. The van der Waals surface area contributed by atoms with E-state index < -0.39 is 0 Å². The number of carbonyl (C=O) groups excluding carboxylic acids is 1. The molecular weight excluding hydrogens is 278 g/mol. The second kappa shape index (κ2) is 5.48. The van der Waals surface area contributed by atoms with Gasteiger partial charge in [0.2, 0.25) is 0 Å². The number of aromatic nitrogens is 1. The molecule has 0 aliphatic heterocycles. The molecule has 1 aromatic heterocycles. The molecule has 3 aromatic rings. The molecular formula is C18H15NO3. The van der Waals surface area contributed by atoms with Crippen molar-refractivity contribution in [3.63, 3.8) is 0 Å². The monoisotopic (exact) mass is 293 g/mol. The molecule has 0 saturated heterocycles. The summed E-state index contributed by atoms with van der Waals surface area (Å²) in [7, 11) is 0. The Kier molecular flexibility index (Phi) is 3.51. The number of pyridine rings is 1. The van der Waals surface area contributed by atoms with E-state index in [9.17, 15) is 15.0 Å². The molecule has 0 amide bonds. The second-order valence-corrected chi connectivity index (χ2v) is 5.25. The minimum atomic E-state index is -0.224. The zero-order valence-corrected chi connectivity index (χ0v) is 12.1. The number of carbonyl (C=O) groups is 1. The van der Waals surface area contributed by atoms with Crippen LogP contribution in [0.4, 0.5) is 0 Å². The molecule has 2 N–H and O–H groups in total. The van der Waals surface area contributed by atoms with Gasteiger partial charge in [-0.3, -0.25) is 9.78 Å². The molecule has 1 heterocycles. The SMILES string of the molecule is Cc1cc(O)cc(O)c1C(=O)Cc1ccc2ccccc2n1. The van der Waals surface area contributed by atoms with Crippen LogP contribution in [0, 0.1) is 6.92 Å². The van der Waals surface area contributed by atoms with Gasteiger partial charge in [0.15, 0.2) is 5.78 Å². The van der Waals surface area contributed by atoms with E-state index >= 15 is 0 Å². The summed E-state index contributed by atoms with van der Waals surface area (Å²) >= 11 is 0. The van der Waals surface area contributed by atoms with E-state index in [-0.39, 0.29) is 29.3 Å². The molecule has 0 spiro atoms. The number of ketones is 1. The van der Waals surface area contributed by atoms with E-state index in [1.807, 2.05) is 36.4 Å². The Morgan fingerprint density at radius 2 is 1.86 bits per heavy atom. The predicted octanol–water partition coefficient (Wildman–Crippen LogP) is 3.38. The highest BCUT2D eigenvalue weighted by Crippen LogP contribution is 2.28. The van der Waals surface area contributed by atoms with Crippen LogP contribution >= 0.6 is 0 Å². The number of hydrogen-bond donors (Lipinski definition) is 2. The fourth-order valence-corrected chi connectivity index (χ4v) is 2.57. The number of fused-ring (bicyclic) bond motifs is 1. The van der Waals surface area contributed by atoms with Crippen molar-refractivity contribution in [2.75, 3.05) is 0 Å². The van der Waals surface area contributed by atoms with Crippen LogP contribution in [0.15, 0.2) is 48.5 Å². The van der Waals surface area contributed by atoms with Gasteiger partial charge in [0, 0.05) is 17.1 Å². The van der Waals surface area contributed by atoms with Crippen molar-refractivity contribution in [2.45, 2.75) is 13.3 Å². The molecule has 0 fully saturated rings. The molecule has 4 nitrogen and oxygen atoms in total. The highest BCUT2D eigenvalue weighted by Gasteiger charge is 2.16. The first-order valence-corrected chi connectivity index (χ1v) is 6.95. The number of hydrogen-bond acceptors (Lipinski definition) is 4. The second-order valence-electron chi connectivity index (χ2n) is 5.25. The smallest absolute Gasteiger partial charge is 0.172 e. The molecule has 22 heavy (non-hydrogen) atoms. The van der Waals surface area contributed by atoms with Crippen LogP contribution in [0.3, 0.4) is 0 Å². The number of aryl methyl sites for hydroxylation is 1. The summed E-state index contributed by atoms with van der Waals surface area (Å²) in [5.41, 5.74) is 2.26. The molecule has 0 unspecified atom stereocenters. The molecule has 0 aliphatic carbocycles. The van der Waals surface area contributed by atoms with Crippen molar-refractivity contribution in [1.82, 2.24) is 4.98 Å². The summed E-state index contributed by atoms with van der Waals surface area (Å²) in [5, 5.41) is 20.3. The molecule has 4 heteroatoms. The number of Topliss-reactive ketones (excluding diaryl/α,β-unsaturated/α-hetero) is 1. The zero-order valence-electron chi connectivity index (χ0n) is 12.1. The van der Waals surface area contributed by atoms with Crippen LogP contribution in [-0.2, 0) is 6.42 Å². The summed E-state index contributed by atoms with van der Waals surface area (Å²) in [4.78, 5) is 16.9. The number of phenolic OH excluding ortho intramolecular Hbond substituents is 2. The van der Waals surface area contributed by atoms with Gasteiger partial charge in [-0.2, -0.15) is 0 Å². The van der Waals surface area contributed by atoms with Gasteiger partial charge in [0.05, 0.1) is 17.5 Å². The van der Waals surface area contributed by atoms with Crippen molar-refractivity contribution in [3.8, 4) is 11.5 Å². The third-order valence-electron chi connectivity index (χ3n) is 3.58. The van der Waals surface area contributed by atoms with Gasteiger partial charge in [-0.15, -0.1) is 0 Å². The van der Waals surface area contributed by atoms with Crippen LogP contribution < -0.4 is 0 Å². The van der Waals surface area contributed by atoms with Gasteiger partial charge in [-0.25, -0.2) is 0 Å². The van der Waals surface area contributed by atoms with Crippen LogP contribution in [0.2, 0.25) is 0 Å². The first-order chi connectivity index (χ1) is 10.5. The van der Waals surface area contributed by atoms with E-state index in [0.717, 1.165) is 10.9 Å². The van der Waals surface area contributed by atoms with Gasteiger partial charge in [-0.05, 0) is 30.7 Å². The Morgan fingerprint density at radius 1 is 1.09 bits per heavy atom. The van der Waals surface area contributed by atoms with Crippen molar-refractivity contribution in [3.05, 3.63) is 65.4 Å². The Morgan fingerprint density at radius 3 is 2.64 bits per heavy atom. The summed E-state index contributed by atoms with van der Waals surface area (Å²) < 4.78 is 0. The first kappa shape index (κ1) is 14.1. The summed E-state index contributed by atoms with van der Waals surface area (Å²) in [6.07, 6.45) is 0.101. The maximum absolute atomic E-state index is 12.4. The molecule has 0 radical (unpaired) electrons. The minimum Gasteiger partial charge on any atom is -0.508 e. The Bertz CT molecular complexity index is 848. The largest absolute Gasteiger partial charge is 0.508 e. The number of aromatic hydroxyl groups is 2. The Labute approximate surface area is 127 Å². The maximum atomic E-state index is 12.4. The molecule has 2 aromatic carbocycles. The van der Waals surface area contributed by atoms with Crippen LogP contribution in [-0.4, -0.2) is 21.0 Å². The van der Waals surface area contributed by atoms with Gasteiger partial charge >= 0.3 is 0 Å². The fourth-order valence-electron chi connectivity index (χ4n) is 2.57. The summed E-state index contributed by atoms with van der Waals surface area (Å²) in [6.45, 7) is 1.68. The van der Waals surface area contributed by atoms with Crippen molar-refractivity contribution in [2.24, 2.45) is 0 Å². The van der Waals surface area contributed by atoms with Gasteiger partial charge in [0.1, 0.15) is 11.5 Å². The number of para-hydroxylation sites is 1. The molecule has 3 rings (SSSR count). The first-order valence-electron chi connectivity index (χ1n) is 6.95. The highest BCUT2D eigenvalue weighted by molar-refractivity contribution is 6.01. The van der Waals surface area contributed by atoms with E-state index in [1.165, 1.54) is 12.1 Å². The molecule has 0 bridgehead atoms. The Balaban J connectivity index is 1.93. The van der Waals surface area contributed by atoms with Crippen LogP contribution in [0.1, 0.15) is 21.6 Å². The molecule has 0 atom stereocenters. The average Bonchev–Trinajstić information content (AvgIpc) is 2.46. The van der Waals surface area contributed by atoms with Crippen molar-refractivity contribution >= 4 is 16.7 Å². The van der Waals surface area contributed by atoms with Gasteiger partial charge in [-0.1, -0.05) is 24.3 Å². The number of nitrogens with zero attached hydrogens (tertiary/aromatic N) is 1. The topological polar surface area (TPSA) is 70.4 Å². The molecule has 0 saturated carbocycles. The highest BCUT2D eigenvalue weighted by atomic mass is 16.3. The quantitative estimate of drug-likeness (QED) is 0.726. The lowest BCUT2D eigenvalue weighted by molar-refractivity contribution is 0.0989. The van der Waals surface area contributed by atoms with E-state index in [0.29, 0.717) is 11.3 Å². The lowest BCUT2D eigenvalue weighted by Gasteiger charge is -2.08. The van der Waals surface area contributed by atoms with E-state index in [2.05, 4.69) is 4.98 Å². The number of rotatable bonds is 3. The van der Waals surface area contributed by atoms with Crippen LogP contribution in [0.5, 0.6) is 11.5 Å². The lowest BCUT2D eigenvalue weighted by atomic mass is 9.99. The molecule has 0 aliphatic rings. The van der Waals surface area contributed by atoms with E-state index in [4.69, 9.17) is 0 Å². The molecule has 110 valence electrons. The van der Waals surface area contributed by atoms with E-state index in [1.54, 1.807) is 6.92 Å². The normalized spacial score (nSPS) is 10.8. The van der Waals surface area contributed by atoms with Gasteiger partial charge in [0.25, 0.3) is 0 Å². The predicted molar refractivity (Wildman–Crippen MR) is 84.3 cm³/mol. The summed E-state index contributed by atoms with van der Waals surface area (Å²) in [6, 6.07) is 14.1. The summed E-state index contributed by atoms with van der Waals surface area (Å²) in [5.74, 6) is -0.489. The van der Waals surface area contributed by atoms with Crippen molar-refractivity contribution in [1.29, 1.82) is 0 Å². The third kappa shape index (κ3) is 2.63. The third-order valence-corrected chi connectivity index (χ3v) is 3.58. The van der Waals surface area contributed by atoms with Crippen LogP contribution in [0.25, 0.3) is 10.9 Å². The maximum Gasteiger partial charge on any atom is 0.172 e. The average molecular weight is 293 g/mol. The fraction of sp³-hybridized carbons (Fsp3) is 0.111. The standard InChI is InChI=1S/C18H15NO3/c1-11-8-14(20)10-17(22)18(11)16(21)9-13-7-6-12-4-2-3-5-15(12)19-13/h2-8,10,20,22H,9H2,1H3. The van der Waals surface area contributed by atoms with Crippen molar-refractivity contribution < 1.29 is 15.0 Å².